The second kappa shape index (κ2) is 9.39. The van der Waals surface area contributed by atoms with E-state index < -0.39 is 5.97 Å². The fourth-order valence-electron chi connectivity index (χ4n) is 2.32. The Morgan fingerprint density at radius 1 is 1.37 bits per heavy atom. The first-order valence-corrected chi connectivity index (χ1v) is 9.00. The average Bonchev–Trinajstić information content (AvgIpc) is 2.63. The van der Waals surface area contributed by atoms with Crippen LogP contribution in [0, 0.1) is 0 Å². The molecule has 8 heteroatoms. The van der Waals surface area contributed by atoms with Crippen LogP contribution in [-0.4, -0.2) is 27.6 Å². The molecule has 4 N–H and O–H groups in total. The van der Waals surface area contributed by atoms with Gasteiger partial charge in [0.1, 0.15) is 0 Å². The molecule has 1 heterocycles. The van der Waals surface area contributed by atoms with Crippen molar-refractivity contribution in [3.05, 3.63) is 57.7 Å². The van der Waals surface area contributed by atoms with Gasteiger partial charge in [-0.15, -0.1) is 0 Å². The van der Waals surface area contributed by atoms with Gasteiger partial charge in [0.05, 0.1) is 17.5 Å². The fourth-order valence-corrected chi connectivity index (χ4v) is 2.90. The maximum Gasteiger partial charge on any atom is 0.335 e. The summed E-state index contributed by atoms with van der Waals surface area (Å²) in [4.78, 5) is 19.8. The van der Waals surface area contributed by atoms with E-state index in [2.05, 4.69) is 15.3 Å². The highest BCUT2D eigenvalue weighted by Gasteiger charge is 2.11. The maximum absolute atomic E-state index is 11.2. The number of nitrogens with zero attached hydrogens (tertiary/aromatic N) is 2. The number of rotatable bonds is 7. The second-order valence-electron chi connectivity index (χ2n) is 5.70. The van der Waals surface area contributed by atoms with Crippen molar-refractivity contribution < 1.29 is 9.90 Å². The smallest absolute Gasteiger partial charge is 0.335 e. The first kappa shape index (κ1) is 20.7. The molecular formula is C19H20Cl2N4O2. The number of anilines is 2. The number of aromatic nitrogens is 2. The van der Waals surface area contributed by atoms with Crippen molar-refractivity contribution in [2.24, 2.45) is 0 Å². The first-order valence-electron chi connectivity index (χ1n) is 8.24. The number of nitrogen functional groups attached to an aromatic ring is 1. The van der Waals surface area contributed by atoms with Crippen LogP contribution in [0.15, 0.2) is 52.2 Å². The largest absolute Gasteiger partial charge is 0.478 e. The van der Waals surface area contributed by atoms with Crippen LogP contribution in [-0.2, 0) is 0 Å². The summed E-state index contributed by atoms with van der Waals surface area (Å²) in [5.41, 5.74) is 7.94. The molecule has 0 aliphatic heterocycles. The molecule has 1 aromatic carbocycles. The number of aromatic carboxylic acids is 1. The van der Waals surface area contributed by atoms with Gasteiger partial charge in [-0.2, -0.15) is 0 Å². The number of carbonyl (C=O) groups is 1. The summed E-state index contributed by atoms with van der Waals surface area (Å²) in [6.45, 7) is 4.06. The van der Waals surface area contributed by atoms with E-state index in [9.17, 15) is 4.79 Å². The van der Waals surface area contributed by atoms with Gasteiger partial charge in [0.25, 0.3) is 0 Å². The number of halogens is 2. The summed E-state index contributed by atoms with van der Waals surface area (Å²) in [5, 5.41) is 13.4. The minimum absolute atomic E-state index is 0.167. The Labute approximate surface area is 167 Å². The molecule has 2 aromatic rings. The molecule has 0 radical (unpaired) electrons. The van der Waals surface area contributed by atoms with Gasteiger partial charge in [0.15, 0.2) is 11.6 Å². The zero-order chi connectivity index (χ0) is 20.0. The van der Waals surface area contributed by atoms with Gasteiger partial charge in [-0.05, 0) is 25.5 Å². The Morgan fingerprint density at radius 2 is 2.11 bits per heavy atom. The zero-order valence-electron chi connectivity index (χ0n) is 15.0. The normalized spacial score (nSPS) is 12.5. The second-order valence-corrected chi connectivity index (χ2v) is 6.68. The Bertz CT molecular complexity index is 906. The number of allylic oxidation sites excluding steroid dienone is 2. The van der Waals surface area contributed by atoms with Crippen molar-refractivity contribution in [3.8, 4) is 11.3 Å². The Kier molecular flexibility index (Phi) is 7.21. The lowest BCUT2D eigenvalue weighted by Crippen LogP contribution is -2.11. The lowest BCUT2D eigenvalue weighted by molar-refractivity contribution is 0.0697. The third-order valence-corrected chi connectivity index (χ3v) is 4.34. The molecule has 142 valence electrons. The Hall–Kier alpha value is -2.57. The minimum atomic E-state index is -1.01. The quantitative estimate of drug-likeness (QED) is 0.566. The average molecular weight is 407 g/mol. The van der Waals surface area contributed by atoms with Crippen molar-refractivity contribution in [3.63, 3.8) is 0 Å². The van der Waals surface area contributed by atoms with Crippen molar-refractivity contribution in [1.29, 1.82) is 0 Å². The van der Waals surface area contributed by atoms with Gasteiger partial charge in [0.2, 0.25) is 0 Å². The molecule has 0 aliphatic carbocycles. The topological polar surface area (TPSA) is 101 Å². The molecule has 1 aromatic heterocycles. The highest BCUT2D eigenvalue weighted by atomic mass is 35.5. The molecule has 0 unspecified atom stereocenters. The van der Waals surface area contributed by atoms with E-state index >= 15 is 0 Å². The van der Waals surface area contributed by atoms with E-state index in [1.807, 2.05) is 13.0 Å². The fraction of sp³-hybridized carbons (Fsp3) is 0.211. The summed E-state index contributed by atoms with van der Waals surface area (Å²) < 4.78 is 0. The van der Waals surface area contributed by atoms with Crippen LogP contribution >= 0.6 is 23.2 Å². The Morgan fingerprint density at radius 3 is 2.74 bits per heavy atom. The minimum Gasteiger partial charge on any atom is -0.478 e. The van der Waals surface area contributed by atoms with Gasteiger partial charge in [-0.1, -0.05) is 48.3 Å². The lowest BCUT2D eigenvalue weighted by atomic mass is 10.1. The molecule has 0 saturated carbocycles. The summed E-state index contributed by atoms with van der Waals surface area (Å²) in [6.07, 6.45) is 4.14. The third-order valence-electron chi connectivity index (χ3n) is 3.73. The van der Waals surface area contributed by atoms with Crippen LogP contribution in [0.2, 0.25) is 0 Å². The summed E-state index contributed by atoms with van der Waals surface area (Å²) in [7, 11) is 0. The predicted octanol–water partition coefficient (Wildman–Crippen LogP) is 4.88. The van der Waals surface area contributed by atoms with Crippen LogP contribution in [0.5, 0.6) is 0 Å². The van der Waals surface area contributed by atoms with E-state index in [1.165, 1.54) is 18.3 Å². The molecule has 0 saturated heterocycles. The highest BCUT2D eigenvalue weighted by molar-refractivity contribution is 6.35. The monoisotopic (exact) mass is 406 g/mol. The summed E-state index contributed by atoms with van der Waals surface area (Å²) >= 11 is 12.4. The molecule has 6 nitrogen and oxygen atoms in total. The third kappa shape index (κ3) is 5.45. The first-order chi connectivity index (χ1) is 12.8. The zero-order valence-corrected chi connectivity index (χ0v) is 16.5. The summed E-state index contributed by atoms with van der Waals surface area (Å²) in [6, 6.07) is 6.45. The number of hydrogen-bond acceptors (Lipinski definition) is 5. The molecule has 0 atom stereocenters. The van der Waals surface area contributed by atoms with E-state index in [0.717, 1.165) is 12.0 Å². The molecular weight excluding hydrogens is 387 g/mol. The van der Waals surface area contributed by atoms with Crippen molar-refractivity contribution in [1.82, 2.24) is 9.97 Å². The molecule has 0 amide bonds. The van der Waals surface area contributed by atoms with Crippen LogP contribution < -0.4 is 11.1 Å². The molecule has 27 heavy (non-hydrogen) atoms. The molecule has 0 bridgehead atoms. The van der Waals surface area contributed by atoms with E-state index in [1.54, 1.807) is 19.1 Å². The lowest BCUT2D eigenvalue weighted by Gasteiger charge is -2.13. The number of nitrogens with one attached hydrogen (secondary N) is 1. The van der Waals surface area contributed by atoms with Gasteiger partial charge in [-0.3, -0.25) is 0 Å². The van der Waals surface area contributed by atoms with Crippen LogP contribution in [0.4, 0.5) is 11.6 Å². The highest BCUT2D eigenvalue weighted by Crippen LogP contribution is 2.25. The van der Waals surface area contributed by atoms with Crippen LogP contribution in [0.25, 0.3) is 11.3 Å². The van der Waals surface area contributed by atoms with Gasteiger partial charge >= 0.3 is 5.97 Å². The summed E-state index contributed by atoms with van der Waals surface area (Å²) in [5.74, 6) is -0.428. The number of nitrogens with two attached hydrogens (primary N) is 1. The van der Waals surface area contributed by atoms with Crippen LogP contribution in [0.3, 0.4) is 0 Å². The number of carboxylic acids is 1. The number of hydrogen-bond donors (Lipinski definition) is 3. The van der Waals surface area contributed by atoms with Gasteiger partial charge in [0, 0.05) is 27.7 Å². The van der Waals surface area contributed by atoms with Crippen molar-refractivity contribution in [2.45, 2.75) is 20.3 Å². The van der Waals surface area contributed by atoms with Crippen molar-refractivity contribution in [2.75, 3.05) is 17.6 Å². The Balaban J connectivity index is 2.30. The standard InChI is InChI=1S/C19H20Cl2N4O2/c1-3-5-15(21)14(11(2)20)9-24-18-17(22)23-10-16(25-18)12-6-4-7-13(8-12)19(26)27/h4-8,10H,3,9H2,1-2H3,(H2,22,23)(H,24,25)(H,26,27)/b14-11+,15-5+. The van der Waals surface area contributed by atoms with Gasteiger partial charge in [-0.25, -0.2) is 14.8 Å². The van der Waals surface area contributed by atoms with E-state index in [0.29, 0.717) is 33.7 Å². The predicted molar refractivity (Wildman–Crippen MR) is 110 cm³/mol. The van der Waals surface area contributed by atoms with Crippen molar-refractivity contribution >= 4 is 40.8 Å². The van der Waals surface area contributed by atoms with E-state index in [-0.39, 0.29) is 11.4 Å². The SMILES string of the molecule is CC/C=C(Cl)\C(CNc1nc(-c2cccc(C(=O)O)c2)cnc1N)=C(/C)Cl. The van der Waals surface area contributed by atoms with Gasteiger partial charge < -0.3 is 16.2 Å². The number of benzene rings is 1. The molecule has 2 rings (SSSR count). The molecule has 0 aliphatic rings. The number of carboxylic acid groups (broad SMARTS) is 1. The molecule has 0 fully saturated rings. The van der Waals surface area contributed by atoms with Crippen LogP contribution in [0.1, 0.15) is 30.6 Å². The maximum atomic E-state index is 11.2. The van der Waals surface area contributed by atoms with E-state index in [4.69, 9.17) is 34.0 Å². The molecule has 0 spiro atoms.